The number of hydrazine groups is 1. The van der Waals surface area contributed by atoms with Crippen molar-refractivity contribution < 1.29 is 13.2 Å². The van der Waals surface area contributed by atoms with Crippen LogP contribution < -0.4 is 11.3 Å². The second-order valence-corrected chi connectivity index (χ2v) is 3.87. The van der Waals surface area contributed by atoms with Crippen molar-refractivity contribution in [3.8, 4) is 0 Å². The van der Waals surface area contributed by atoms with E-state index in [1.807, 2.05) is 12.3 Å². The first-order valence-electron chi connectivity index (χ1n) is 5.43. The van der Waals surface area contributed by atoms with E-state index in [-0.39, 0.29) is 5.69 Å². The first-order valence-corrected chi connectivity index (χ1v) is 5.43. The number of fused-ring (bicyclic) bond motifs is 1. The molecular weight excluding hydrogens is 243 g/mol. The minimum Gasteiger partial charge on any atom is -0.322 e. The number of pyridine rings is 1. The molecule has 0 unspecified atom stereocenters. The van der Waals surface area contributed by atoms with Gasteiger partial charge < -0.3 is 5.43 Å². The number of aryl methyl sites for hydroxylation is 1. The number of halogens is 3. The zero-order valence-electron chi connectivity index (χ0n) is 9.67. The van der Waals surface area contributed by atoms with E-state index in [4.69, 9.17) is 5.84 Å². The van der Waals surface area contributed by atoms with Crippen LogP contribution in [0.15, 0.2) is 24.3 Å². The summed E-state index contributed by atoms with van der Waals surface area (Å²) in [6.45, 7) is 1.87. The summed E-state index contributed by atoms with van der Waals surface area (Å²) in [7, 11) is 0. The van der Waals surface area contributed by atoms with Gasteiger partial charge in [-0.25, -0.2) is 4.98 Å². The molecule has 0 amide bonds. The molecule has 18 heavy (non-hydrogen) atoms. The maximum Gasteiger partial charge on any atom is 0.435 e. The third kappa shape index (κ3) is 2.11. The largest absolute Gasteiger partial charge is 0.435 e. The fraction of sp³-hybridized carbons (Fsp3) is 0.250. The predicted octanol–water partition coefficient (Wildman–Crippen LogP) is 3.10. The van der Waals surface area contributed by atoms with Gasteiger partial charge in [0.15, 0.2) is 5.69 Å². The van der Waals surface area contributed by atoms with E-state index in [0.717, 1.165) is 5.56 Å². The van der Waals surface area contributed by atoms with Gasteiger partial charge >= 0.3 is 6.18 Å². The van der Waals surface area contributed by atoms with Crippen molar-refractivity contribution in [3.63, 3.8) is 0 Å². The van der Waals surface area contributed by atoms with E-state index in [0.29, 0.717) is 17.3 Å². The maximum atomic E-state index is 12.8. The summed E-state index contributed by atoms with van der Waals surface area (Å²) in [6.07, 6.45) is -3.91. The second kappa shape index (κ2) is 4.45. The number of hydrogen-bond donors (Lipinski definition) is 2. The SMILES string of the molecule is CCc1cccc2cc(NN)c(C(F)(F)F)nc12. The van der Waals surface area contributed by atoms with E-state index < -0.39 is 11.9 Å². The van der Waals surface area contributed by atoms with Crippen molar-refractivity contribution in [2.24, 2.45) is 5.84 Å². The molecule has 1 heterocycles. The second-order valence-electron chi connectivity index (χ2n) is 3.87. The van der Waals surface area contributed by atoms with Gasteiger partial charge in [-0.15, -0.1) is 0 Å². The molecule has 0 saturated heterocycles. The number of alkyl halides is 3. The molecule has 0 aliphatic rings. The Hall–Kier alpha value is -1.82. The summed E-state index contributed by atoms with van der Waals surface area (Å²) in [6, 6.07) is 6.63. The standard InChI is InChI=1S/C12H12F3N3/c1-2-7-4-3-5-8-6-9(18-16)11(12(13,14)15)17-10(7)8/h3-6,18H,2,16H2,1H3. The van der Waals surface area contributed by atoms with E-state index in [1.54, 1.807) is 18.2 Å². The van der Waals surface area contributed by atoms with Crippen LogP contribution in [-0.2, 0) is 12.6 Å². The highest BCUT2D eigenvalue weighted by molar-refractivity contribution is 5.85. The molecule has 1 aromatic carbocycles. The van der Waals surface area contributed by atoms with Gasteiger partial charge in [-0.05, 0) is 18.1 Å². The molecule has 3 N–H and O–H groups in total. The molecule has 3 nitrogen and oxygen atoms in total. The van der Waals surface area contributed by atoms with Crippen molar-refractivity contribution in [1.29, 1.82) is 0 Å². The van der Waals surface area contributed by atoms with E-state index in [9.17, 15) is 13.2 Å². The van der Waals surface area contributed by atoms with Crippen LogP contribution in [0, 0.1) is 0 Å². The van der Waals surface area contributed by atoms with Gasteiger partial charge in [0.1, 0.15) is 0 Å². The zero-order chi connectivity index (χ0) is 13.3. The fourth-order valence-corrected chi connectivity index (χ4v) is 1.87. The molecule has 1 aromatic heterocycles. The quantitative estimate of drug-likeness (QED) is 0.640. The Morgan fingerprint density at radius 2 is 2.06 bits per heavy atom. The number of aromatic nitrogens is 1. The first kappa shape index (κ1) is 12.6. The van der Waals surface area contributed by atoms with Crippen molar-refractivity contribution in [2.45, 2.75) is 19.5 Å². The number of anilines is 1. The molecule has 2 aromatic rings. The predicted molar refractivity (Wildman–Crippen MR) is 63.9 cm³/mol. The molecular formula is C12H12F3N3. The van der Waals surface area contributed by atoms with Crippen LogP contribution in [-0.4, -0.2) is 4.98 Å². The Bertz CT molecular complexity index is 579. The highest BCUT2D eigenvalue weighted by atomic mass is 19.4. The van der Waals surface area contributed by atoms with Gasteiger partial charge in [-0.3, -0.25) is 5.84 Å². The van der Waals surface area contributed by atoms with Crippen LogP contribution in [0.3, 0.4) is 0 Å². The Morgan fingerprint density at radius 3 is 2.61 bits per heavy atom. The average Bonchev–Trinajstić information content (AvgIpc) is 2.35. The topological polar surface area (TPSA) is 50.9 Å². The number of para-hydroxylation sites is 1. The van der Waals surface area contributed by atoms with Crippen molar-refractivity contribution >= 4 is 16.6 Å². The molecule has 0 atom stereocenters. The number of nitrogens with one attached hydrogen (secondary N) is 1. The first-order chi connectivity index (χ1) is 8.47. The minimum atomic E-state index is -4.53. The maximum absolute atomic E-state index is 12.8. The Balaban J connectivity index is 2.78. The summed E-state index contributed by atoms with van der Waals surface area (Å²) in [5, 5.41) is 0.635. The third-order valence-electron chi connectivity index (χ3n) is 2.73. The monoisotopic (exact) mass is 255 g/mol. The summed E-state index contributed by atoms with van der Waals surface area (Å²) < 4.78 is 38.5. The van der Waals surface area contributed by atoms with Crippen LogP contribution in [0.1, 0.15) is 18.2 Å². The normalized spacial score (nSPS) is 11.8. The molecule has 0 saturated carbocycles. The lowest BCUT2D eigenvalue weighted by Crippen LogP contribution is -2.17. The van der Waals surface area contributed by atoms with Gasteiger partial charge in [0.2, 0.25) is 0 Å². The van der Waals surface area contributed by atoms with E-state index >= 15 is 0 Å². The highest BCUT2D eigenvalue weighted by Crippen LogP contribution is 2.35. The number of nitrogens with two attached hydrogens (primary N) is 1. The number of benzene rings is 1. The zero-order valence-corrected chi connectivity index (χ0v) is 9.67. The van der Waals surface area contributed by atoms with Gasteiger partial charge in [-0.1, -0.05) is 25.1 Å². The van der Waals surface area contributed by atoms with Crippen molar-refractivity contribution in [1.82, 2.24) is 4.98 Å². The average molecular weight is 255 g/mol. The Labute approximate surface area is 102 Å². The molecule has 0 bridgehead atoms. The molecule has 2 rings (SSSR count). The highest BCUT2D eigenvalue weighted by Gasteiger charge is 2.36. The Kier molecular flexibility index (Phi) is 3.13. The molecule has 0 fully saturated rings. The van der Waals surface area contributed by atoms with Gasteiger partial charge in [-0.2, -0.15) is 13.2 Å². The number of nitrogen functional groups attached to an aromatic ring is 1. The Morgan fingerprint density at radius 1 is 1.33 bits per heavy atom. The smallest absolute Gasteiger partial charge is 0.322 e. The molecule has 6 heteroatoms. The van der Waals surface area contributed by atoms with Crippen LogP contribution >= 0.6 is 0 Å². The number of hydrogen-bond acceptors (Lipinski definition) is 3. The third-order valence-corrected chi connectivity index (χ3v) is 2.73. The van der Waals surface area contributed by atoms with Crippen LogP contribution in [0.25, 0.3) is 10.9 Å². The van der Waals surface area contributed by atoms with Crippen LogP contribution in [0.2, 0.25) is 0 Å². The molecule has 0 radical (unpaired) electrons. The van der Waals surface area contributed by atoms with Gasteiger partial charge in [0.05, 0.1) is 11.2 Å². The lowest BCUT2D eigenvalue weighted by atomic mass is 10.1. The lowest BCUT2D eigenvalue weighted by Gasteiger charge is -2.13. The summed E-state index contributed by atoms with van der Waals surface area (Å²) in [5.41, 5.74) is 1.99. The minimum absolute atomic E-state index is 0.219. The number of rotatable bonds is 2. The fourth-order valence-electron chi connectivity index (χ4n) is 1.87. The molecule has 0 aliphatic heterocycles. The molecule has 96 valence electrons. The van der Waals surface area contributed by atoms with Crippen molar-refractivity contribution in [2.75, 3.05) is 5.43 Å². The summed E-state index contributed by atoms with van der Waals surface area (Å²) in [4.78, 5) is 3.72. The molecule has 0 spiro atoms. The van der Waals surface area contributed by atoms with E-state index in [2.05, 4.69) is 4.98 Å². The van der Waals surface area contributed by atoms with Crippen LogP contribution in [0.5, 0.6) is 0 Å². The molecule has 0 aliphatic carbocycles. The van der Waals surface area contributed by atoms with Crippen LogP contribution in [0.4, 0.5) is 18.9 Å². The van der Waals surface area contributed by atoms with E-state index in [1.165, 1.54) is 6.07 Å². The lowest BCUT2D eigenvalue weighted by molar-refractivity contribution is -0.140. The number of nitrogens with zero attached hydrogens (tertiary/aromatic N) is 1. The van der Waals surface area contributed by atoms with Gasteiger partial charge in [0, 0.05) is 5.39 Å². The summed E-state index contributed by atoms with van der Waals surface area (Å²) in [5.74, 6) is 5.12. The van der Waals surface area contributed by atoms with Crippen molar-refractivity contribution in [3.05, 3.63) is 35.5 Å². The van der Waals surface area contributed by atoms with Gasteiger partial charge in [0.25, 0.3) is 0 Å². The summed E-state index contributed by atoms with van der Waals surface area (Å²) >= 11 is 0.